The second kappa shape index (κ2) is 5.78. The van der Waals surface area contributed by atoms with Crippen molar-refractivity contribution in [2.24, 2.45) is 0 Å². The molecule has 2 nitrogen and oxygen atoms in total. The van der Waals surface area contributed by atoms with E-state index in [0.29, 0.717) is 5.52 Å². The van der Waals surface area contributed by atoms with Crippen molar-refractivity contribution in [3.63, 3.8) is 0 Å². The van der Waals surface area contributed by atoms with Gasteiger partial charge in [0.1, 0.15) is 11.6 Å². The number of hydrogen-bond acceptors (Lipinski definition) is 1. The topological polar surface area (TPSA) is 22.0 Å². The van der Waals surface area contributed by atoms with Crippen LogP contribution in [0.3, 0.4) is 0 Å². The van der Waals surface area contributed by atoms with Gasteiger partial charge < -0.3 is 4.57 Å². The van der Waals surface area contributed by atoms with E-state index in [0.717, 1.165) is 0 Å². The molecule has 23 heavy (non-hydrogen) atoms. The molecule has 5 heteroatoms. The van der Waals surface area contributed by atoms with Crippen molar-refractivity contribution in [2.75, 3.05) is 0 Å². The number of aromatic nitrogens is 1. The highest BCUT2D eigenvalue weighted by Crippen LogP contribution is 2.30. The monoisotopic (exact) mass is 333 g/mol. The van der Waals surface area contributed by atoms with E-state index < -0.39 is 17.1 Å². The van der Waals surface area contributed by atoms with Crippen molar-refractivity contribution in [3.05, 3.63) is 69.5 Å². The molecule has 0 bridgehead atoms. The Balaban J connectivity index is 2.48. The van der Waals surface area contributed by atoms with Crippen LogP contribution in [-0.4, -0.2) is 4.57 Å². The number of benzene rings is 2. The number of pyridine rings is 1. The molecule has 0 atom stereocenters. The highest BCUT2D eigenvalue weighted by Gasteiger charge is 2.18. The van der Waals surface area contributed by atoms with Crippen LogP contribution in [0.5, 0.6) is 0 Å². The number of fused-ring (bicyclic) bond motifs is 1. The zero-order chi connectivity index (χ0) is 16.7. The maximum absolute atomic E-state index is 14.2. The van der Waals surface area contributed by atoms with E-state index in [1.807, 2.05) is 18.4 Å². The van der Waals surface area contributed by atoms with Crippen LogP contribution >= 0.6 is 11.6 Å². The lowest BCUT2D eigenvalue weighted by atomic mass is 10.0. The molecule has 0 amide bonds. The van der Waals surface area contributed by atoms with Crippen LogP contribution in [0.2, 0.25) is 5.02 Å². The van der Waals surface area contributed by atoms with Gasteiger partial charge in [0.05, 0.1) is 16.1 Å². The van der Waals surface area contributed by atoms with Gasteiger partial charge in [0.25, 0.3) is 0 Å². The fraction of sp³-hybridized carbons (Fsp3) is 0.167. The van der Waals surface area contributed by atoms with Gasteiger partial charge >= 0.3 is 0 Å². The van der Waals surface area contributed by atoms with Crippen molar-refractivity contribution in [2.45, 2.75) is 19.9 Å². The summed E-state index contributed by atoms with van der Waals surface area (Å²) in [7, 11) is 0. The van der Waals surface area contributed by atoms with Crippen LogP contribution in [-0.2, 0) is 0 Å². The third kappa shape index (κ3) is 2.63. The predicted octanol–water partition coefficient (Wildman–Crippen LogP) is 5.18. The highest BCUT2D eigenvalue weighted by atomic mass is 35.5. The number of hydrogen-bond donors (Lipinski definition) is 0. The smallest absolute Gasteiger partial charge is 0.197 e. The Kier molecular flexibility index (Phi) is 3.94. The minimum Gasteiger partial charge on any atom is -0.344 e. The van der Waals surface area contributed by atoms with Crippen LogP contribution in [0.1, 0.15) is 19.9 Å². The Hall–Kier alpha value is -2.20. The molecule has 0 aliphatic carbocycles. The first-order valence-corrected chi connectivity index (χ1v) is 7.56. The van der Waals surface area contributed by atoms with Gasteiger partial charge in [-0.2, -0.15) is 0 Å². The fourth-order valence-corrected chi connectivity index (χ4v) is 2.95. The summed E-state index contributed by atoms with van der Waals surface area (Å²) in [6.07, 6.45) is 1.58. The summed E-state index contributed by atoms with van der Waals surface area (Å²) in [5, 5.41) is 0.351. The molecular weight excluding hydrogens is 320 g/mol. The maximum atomic E-state index is 14.2. The van der Waals surface area contributed by atoms with Gasteiger partial charge in [-0.05, 0) is 44.2 Å². The van der Waals surface area contributed by atoms with Gasteiger partial charge in [-0.3, -0.25) is 4.79 Å². The molecule has 2 aromatic carbocycles. The van der Waals surface area contributed by atoms with Crippen molar-refractivity contribution in [1.29, 1.82) is 0 Å². The van der Waals surface area contributed by atoms with E-state index in [4.69, 9.17) is 11.6 Å². The van der Waals surface area contributed by atoms with Crippen LogP contribution in [0, 0.1) is 11.6 Å². The molecule has 0 unspecified atom stereocenters. The van der Waals surface area contributed by atoms with Crippen LogP contribution in [0.15, 0.2) is 47.4 Å². The molecule has 0 fully saturated rings. The average molecular weight is 334 g/mol. The van der Waals surface area contributed by atoms with E-state index >= 15 is 0 Å². The zero-order valence-corrected chi connectivity index (χ0v) is 13.4. The van der Waals surface area contributed by atoms with E-state index in [1.165, 1.54) is 30.3 Å². The molecular formula is C18H14ClF2NO. The summed E-state index contributed by atoms with van der Waals surface area (Å²) < 4.78 is 29.6. The fourth-order valence-electron chi connectivity index (χ4n) is 2.69. The number of nitrogens with zero attached hydrogens (tertiary/aromatic N) is 1. The summed E-state index contributed by atoms with van der Waals surface area (Å²) in [6.45, 7) is 3.86. The summed E-state index contributed by atoms with van der Waals surface area (Å²) >= 11 is 6.09. The maximum Gasteiger partial charge on any atom is 0.197 e. The van der Waals surface area contributed by atoms with Crippen LogP contribution in [0.25, 0.3) is 22.0 Å². The van der Waals surface area contributed by atoms with Crippen LogP contribution in [0.4, 0.5) is 8.78 Å². The van der Waals surface area contributed by atoms with Crippen molar-refractivity contribution in [3.8, 4) is 11.1 Å². The first kappa shape index (κ1) is 15.7. The zero-order valence-electron chi connectivity index (χ0n) is 12.6. The predicted molar refractivity (Wildman–Crippen MR) is 89.0 cm³/mol. The molecule has 0 radical (unpaired) electrons. The van der Waals surface area contributed by atoms with Crippen molar-refractivity contribution in [1.82, 2.24) is 4.57 Å². The highest BCUT2D eigenvalue weighted by molar-refractivity contribution is 6.33. The first-order chi connectivity index (χ1) is 10.9. The minimum absolute atomic E-state index is 0.00728. The quantitative estimate of drug-likeness (QED) is 0.633. The Morgan fingerprint density at radius 1 is 1.13 bits per heavy atom. The van der Waals surface area contributed by atoms with Gasteiger partial charge in [-0.1, -0.05) is 17.7 Å². The normalized spacial score (nSPS) is 11.4. The lowest BCUT2D eigenvalue weighted by Gasteiger charge is -2.17. The number of halogens is 3. The van der Waals surface area contributed by atoms with Gasteiger partial charge in [0, 0.05) is 23.2 Å². The first-order valence-electron chi connectivity index (χ1n) is 7.19. The van der Waals surface area contributed by atoms with E-state index in [1.54, 1.807) is 12.3 Å². The third-order valence-corrected chi connectivity index (χ3v) is 4.10. The average Bonchev–Trinajstić information content (AvgIpc) is 2.49. The Labute approximate surface area is 136 Å². The molecule has 1 heterocycles. The van der Waals surface area contributed by atoms with Crippen LogP contribution < -0.4 is 5.43 Å². The Morgan fingerprint density at radius 3 is 2.52 bits per heavy atom. The third-order valence-electron chi connectivity index (χ3n) is 3.78. The Morgan fingerprint density at radius 2 is 1.87 bits per heavy atom. The van der Waals surface area contributed by atoms with Crippen molar-refractivity contribution < 1.29 is 8.78 Å². The second-order valence-electron chi connectivity index (χ2n) is 5.63. The lowest BCUT2D eigenvalue weighted by Crippen LogP contribution is -2.14. The lowest BCUT2D eigenvalue weighted by molar-refractivity contribution is 0.611. The summed E-state index contributed by atoms with van der Waals surface area (Å²) in [6, 6.07) is 8.28. The molecule has 0 aliphatic rings. The molecule has 0 saturated heterocycles. The number of rotatable bonds is 2. The molecule has 3 aromatic rings. The molecule has 0 saturated carbocycles. The van der Waals surface area contributed by atoms with Gasteiger partial charge in [-0.25, -0.2) is 8.78 Å². The van der Waals surface area contributed by atoms with Crippen molar-refractivity contribution >= 4 is 22.5 Å². The van der Waals surface area contributed by atoms with E-state index in [9.17, 15) is 13.6 Å². The summed E-state index contributed by atoms with van der Waals surface area (Å²) in [4.78, 5) is 12.8. The minimum atomic E-state index is -0.583. The molecule has 1 aromatic heterocycles. The van der Waals surface area contributed by atoms with Gasteiger partial charge in [0.15, 0.2) is 5.43 Å². The van der Waals surface area contributed by atoms with E-state index in [2.05, 4.69) is 0 Å². The van der Waals surface area contributed by atoms with Gasteiger partial charge in [-0.15, -0.1) is 0 Å². The summed E-state index contributed by atoms with van der Waals surface area (Å²) in [5.74, 6) is -1.10. The SMILES string of the molecule is CC(C)n1cc(-c2c(F)cccc2Cl)c(=O)c2cc(F)ccc21. The Bertz CT molecular complexity index is 943. The molecule has 3 rings (SSSR count). The standard InChI is InChI=1S/C18H14ClF2NO/c1-10(2)22-9-13(17-14(19)4-3-5-15(17)21)18(23)12-8-11(20)6-7-16(12)22/h3-10H,1-2H3. The molecule has 0 aliphatic heterocycles. The molecule has 0 N–H and O–H groups in total. The van der Waals surface area contributed by atoms with E-state index in [-0.39, 0.29) is 27.6 Å². The second-order valence-corrected chi connectivity index (χ2v) is 6.04. The molecule has 118 valence electrons. The largest absolute Gasteiger partial charge is 0.344 e. The molecule has 0 spiro atoms. The summed E-state index contributed by atoms with van der Waals surface area (Å²) in [5.41, 5.74) is 0.325. The van der Waals surface area contributed by atoms with Gasteiger partial charge in [0.2, 0.25) is 0 Å².